The molecule has 0 fully saturated rings. The molecule has 0 atom stereocenters. The van der Waals surface area contributed by atoms with Crippen LogP contribution in [-0.2, 0) is 11.3 Å². The molecule has 0 saturated carbocycles. The first-order valence-electron chi connectivity index (χ1n) is 7.70. The van der Waals surface area contributed by atoms with E-state index in [2.05, 4.69) is 5.10 Å². The molecule has 6 nitrogen and oxygen atoms in total. The molecule has 3 rings (SSSR count). The lowest BCUT2D eigenvalue weighted by Crippen LogP contribution is -2.05. The van der Waals surface area contributed by atoms with Gasteiger partial charge in [0.2, 0.25) is 0 Å². The Morgan fingerprint density at radius 2 is 1.92 bits per heavy atom. The number of methoxy groups -OCH3 is 2. The highest BCUT2D eigenvalue weighted by Gasteiger charge is 2.20. The van der Waals surface area contributed by atoms with E-state index in [0.29, 0.717) is 23.4 Å². The summed E-state index contributed by atoms with van der Waals surface area (Å²) in [5.41, 5.74) is 3.51. The topological polar surface area (TPSA) is 66.2 Å². The molecular formula is C18H19N3O3. The molecule has 0 unspecified atom stereocenters. The van der Waals surface area contributed by atoms with Gasteiger partial charge in [0.25, 0.3) is 0 Å². The van der Waals surface area contributed by atoms with Crippen LogP contribution in [0.3, 0.4) is 0 Å². The lowest BCUT2D eigenvalue weighted by atomic mass is 10.1. The zero-order chi connectivity index (χ0) is 17.3. The lowest BCUT2D eigenvalue weighted by molar-refractivity contribution is 0.0603. The number of benzene rings is 1. The second-order valence-electron chi connectivity index (χ2n) is 5.37. The number of esters is 1. The summed E-state index contributed by atoms with van der Waals surface area (Å²) in [7, 11) is 3.00. The molecule has 0 bridgehead atoms. The van der Waals surface area contributed by atoms with E-state index in [1.807, 2.05) is 38.1 Å². The average molecular weight is 325 g/mol. The van der Waals surface area contributed by atoms with Crippen LogP contribution in [0.4, 0.5) is 0 Å². The minimum atomic E-state index is -0.393. The summed E-state index contributed by atoms with van der Waals surface area (Å²) in [5.74, 6) is 0.373. The molecule has 2 aromatic heterocycles. The van der Waals surface area contributed by atoms with Crippen LogP contribution in [0.2, 0.25) is 0 Å². The number of hydrogen-bond acceptors (Lipinski definition) is 5. The van der Waals surface area contributed by atoms with Gasteiger partial charge in [-0.15, -0.1) is 0 Å². The Morgan fingerprint density at radius 1 is 1.21 bits per heavy atom. The van der Waals surface area contributed by atoms with Crippen molar-refractivity contribution in [2.75, 3.05) is 14.2 Å². The van der Waals surface area contributed by atoms with Crippen LogP contribution >= 0.6 is 0 Å². The van der Waals surface area contributed by atoms with Crippen molar-refractivity contribution in [3.63, 3.8) is 0 Å². The zero-order valence-corrected chi connectivity index (χ0v) is 14.2. The Morgan fingerprint density at radius 3 is 2.50 bits per heavy atom. The number of ether oxygens (including phenoxy) is 2. The molecule has 6 heteroatoms. The van der Waals surface area contributed by atoms with E-state index in [1.54, 1.807) is 17.9 Å². The predicted molar refractivity (Wildman–Crippen MR) is 91.3 cm³/mol. The van der Waals surface area contributed by atoms with Gasteiger partial charge in [-0.05, 0) is 44.2 Å². The third-order valence-electron chi connectivity index (χ3n) is 3.97. The Balaban J connectivity index is 2.26. The highest BCUT2D eigenvalue weighted by atomic mass is 16.5. The Hall–Kier alpha value is -2.89. The number of fused-ring (bicyclic) bond motifs is 1. The van der Waals surface area contributed by atoms with E-state index in [-0.39, 0.29) is 0 Å². The number of aromatic nitrogens is 3. The van der Waals surface area contributed by atoms with Crippen LogP contribution in [-0.4, -0.2) is 35.0 Å². The molecule has 0 amide bonds. The summed E-state index contributed by atoms with van der Waals surface area (Å²) < 4.78 is 11.9. The maximum Gasteiger partial charge on any atom is 0.338 e. The zero-order valence-electron chi connectivity index (χ0n) is 14.2. The van der Waals surface area contributed by atoms with Crippen molar-refractivity contribution in [1.82, 2.24) is 14.8 Å². The number of aryl methyl sites for hydroxylation is 2. The van der Waals surface area contributed by atoms with Crippen molar-refractivity contribution >= 4 is 17.0 Å². The molecule has 124 valence electrons. The third-order valence-corrected chi connectivity index (χ3v) is 3.97. The lowest BCUT2D eigenvalue weighted by Gasteiger charge is -2.08. The van der Waals surface area contributed by atoms with Gasteiger partial charge in [-0.25, -0.2) is 14.5 Å². The quantitative estimate of drug-likeness (QED) is 0.689. The van der Waals surface area contributed by atoms with Crippen LogP contribution < -0.4 is 4.74 Å². The normalized spacial score (nSPS) is 10.8. The van der Waals surface area contributed by atoms with E-state index >= 15 is 0 Å². The van der Waals surface area contributed by atoms with Gasteiger partial charge < -0.3 is 9.47 Å². The van der Waals surface area contributed by atoms with Gasteiger partial charge in [-0.1, -0.05) is 0 Å². The van der Waals surface area contributed by atoms with Crippen LogP contribution in [0.1, 0.15) is 23.0 Å². The van der Waals surface area contributed by atoms with Gasteiger partial charge >= 0.3 is 5.97 Å². The van der Waals surface area contributed by atoms with Crippen molar-refractivity contribution in [1.29, 1.82) is 0 Å². The summed E-state index contributed by atoms with van der Waals surface area (Å²) >= 11 is 0. The van der Waals surface area contributed by atoms with Crippen LogP contribution in [0.5, 0.6) is 5.75 Å². The first-order valence-corrected chi connectivity index (χ1v) is 7.70. The van der Waals surface area contributed by atoms with Crippen LogP contribution in [0, 0.1) is 6.92 Å². The fourth-order valence-corrected chi connectivity index (χ4v) is 2.75. The van der Waals surface area contributed by atoms with Crippen molar-refractivity contribution in [2.45, 2.75) is 20.4 Å². The van der Waals surface area contributed by atoms with Gasteiger partial charge in [0, 0.05) is 12.1 Å². The summed E-state index contributed by atoms with van der Waals surface area (Å²) in [5, 5.41) is 5.21. The second-order valence-corrected chi connectivity index (χ2v) is 5.37. The first kappa shape index (κ1) is 16.0. The average Bonchev–Trinajstić information content (AvgIpc) is 2.96. The van der Waals surface area contributed by atoms with Crippen LogP contribution in [0.25, 0.3) is 22.3 Å². The van der Waals surface area contributed by atoms with Crippen molar-refractivity contribution in [3.8, 4) is 17.0 Å². The Bertz CT molecular complexity index is 898. The maximum atomic E-state index is 12.3. The smallest absolute Gasteiger partial charge is 0.338 e. The van der Waals surface area contributed by atoms with Gasteiger partial charge in [-0.2, -0.15) is 5.10 Å². The molecule has 0 radical (unpaired) electrons. The van der Waals surface area contributed by atoms with Gasteiger partial charge in [0.05, 0.1) is 36.6 Å². The number of carbonyl (C=O) groups excluding carboxylic acids is 1. The third kappa shape index (κ3) is 2.60. The summed E-state index contributed by atoms with van der Waals surface area (Å²) in [4.78, 5) is 17.0. The number of nitrogens with zero attached hydrogens (tertiary/aromatic N) is 3. The standard InChI is InChI=1S/C18H19N3O3/c1-5-21-17-16(11(2)20-21)14(18(22)24-4)10-15(19-17)12-6-8-13(23-3)9-7-12/h6-10H,5H2,1-4H3. The SMILES string of the molecule is CCn1nc(C)c2c(C(=O)OC)cc(-c3ccc(OC)cc3)nc21. The fraction of sp³-hybridized carbons (Fsp3) is 0.278. The highest BCUT2D eigenvalue weighted by molar-refractivity contribution is 6.04. The summed E-state index contributed by atoms with van der Waals surface area (Å²) in [6.07, 6.45) is 0. The molecular weight excluding hydrogens is 306 g/mol. The molecule has 0 spiro atoms. The monoisotopic (exact) mass is 325 g/mol. The first-order chi connectivity index (χ1) is 11.6. The van der Waals surface area contributed by atoms with Crippen molar-refractivity contribution in [3.05, 3.63) is 41.6 Å². The Labute approximate surface area is 140 Å². The van der Waals surface area contributed by atoms with E-state index in [1.165, 1.54) is 7.11 Å². The summed E-state index contributed by atoms with van der Waals surface area (Å²) in [6, 6.07) is 9.30. The second kappa shape index (κ2) is 6.31. The molecule has 0 aliphatic rings. The largest absolute Gasteiger partial charge is 0.497 e. The fourth-order valence-electron chi connectivity index (χ4n) is 2.75. The number of carbonyl (C=O) groups is 1. The molecule has 24 heavy (non-hydrogen) atoms. The molecule has 0 aliphatic carbocycles. The minimum Gasteiger partial charge on any atom is -0.497 e. The number of pyridine rings is 1. The van der Waals surface area contributed by atoms with Crippen molar-refractivity contribution in [2.24, 2.45) is 0 Å². The van der Waals surface area contributed by atoms with E-state index in [9.17, 15) is 4.79 Å². The molecule has 1 aromatic carbocycles. The Kier molecular flexibility index (Phi) is 4.20. The van der Waals surface area contributed by atoms with Crippen LogP contribution in [0.15, 0.2) is 30.3 Å². The summed E-state index contributed by atoms with van der Waals surface area (Å²) in [6.45, 7) is 4.53. The van der Waals surface area contributed by atoms with E-state index in [0.717, 1.165) is 22.4 Å². The maximum absolute atomic E-state index is 12.3. The van der Waals surface area contributed by atoms with Crippen molar-refractivity contribution < 1.29 is 14.3 Å². The van der Waals surface area contributed by atoms with Gasteiger partial charge in [-0.3, -0.25) is 0 Å². The number of rotatable bonds is 4. The van der Waals surface area contributed by atoms with Gasteiger partial charge in [0.1, 0.15) is 5.75 Å². The molecule has 2 heterocycles. The molecule has 0 N–H and O–H groups in total. The van der Waals surface area contributed by atoms with E-state index < -0.39 is 5.97 Å². The molecule has 0 aliphatic heterocycles. The molecule has 3 aromatic rings. The predicted octanol–water partition coefficient (Wildman–Crippen LogP) is 3.22. The van der Waals surface area contributed by atoms with Gasteiger partial charge in [0.15, 0.2) is 5.65 Å². The number of hydrogen-bond donors (Lipinski definition) is 0. The highest BCUT2D eigenvalue weighted by Crippen LogP contribution is 2.28. The minimum absolute atomic E-state index is 0.393. The van der Waals surface area contributed by atoms with E-state index in [4.69, 9.17) is 14.5 Å². The molecule has 0 saturated heterocycles.